The van der Waals surface area contributed by atoms with E-state index in [-0.39, 0.29) is 5.69 Å². The van der Waals surface area contributed by atoms with Crippen LogP contribution < -0.4 is 0 Å². The Bertz CT molecular complexity index is 474. The Morgan fingerprint density at radius 2 is 2.21 bits per heavy atom. The van der Waals surface area contributed by atoms with Crippen molar-refractivity contribution < 1.29 is 0 Å². The first-order valence-corrected chi connectivity index (χ1v) is 3.91. The van der Waals surface area contributed by atoms with Crippen molar-refractivity contribution in [2.45, 2.75) is 0 Å². The minimum atomic E-state index is 0.237. The van der Waals surface area contributed by atoms with E-state index in [2.05, 4.69) is 20.2 Å². The van der Waals surface area contributed by atoms with E-state index in [1.807, 2.05) is 12.1 Å². The van der Waals surface area contributed by atoms with Crippen molar-refractivity contribution in [1.29, 1.82) is 5.26 Å². The highest BCUT2D eigenvalue weighted by molar-refractivity contribution is 5.47. The molecular formula is C9H5N5. The molecule has 0 fully saturated rings. The molecule has 5 heteroatoms. The molecule has 14 heavy (non-hydrogen) atoms. The van der Waals surface area contributed by atoms with Crippen LogP contribution in [-0.4, -0.2) is 20.2 Å². The van der Waals surface area contributed by atoms with E-state index in [9.17, 15) is 0 Å². The number of aromatic nitrogens is 4. The number of hydrogen-bond acceptors (Lipinski definition) is 5. The third-order valence-electron chi connectivity index (χ3n) is 1.57. The highest BCUT2D eigenvalue weighted by atomic mass is 15.1. The van der Waals surface area contributed by atoms with E-state index in [1.165, 1.54) is 6.20 Å². The molecule has 0 saturated heterocycles. The fourth-order valence-electron chi connectivity index (χ4n) is 0.961. The van der Waals surface area contributed by atoms with Crippen molar-refractivity contribution in [3.05, 3.63) is 36.3 Å². The number of hydrogen-bond donors (Lipinski definition) is 0. The molecule has 2 aromatic heterocycles. The van der Waals surface area contributed by atoms with Gasteiger partial charge in [0.05, 0.1) is 6.20 Å². The van der Waals surface area contributed by atoms with Gasteiger partial charge in [-0.1, -0.05) is 6.07 Å². The van der Waals surface area contributed by atoms with Crippen molar-refractivity contribution in [3.8, 4) is 17.6 Å². The van der Waals surface area contributed by atoms with Crippen LogP contribution in [0.15, 0.2) is 30.6 Å². The fourth-order valence-corrected chi connectivity index (χ4v) is 0.961. The standard InChI is InChI=1S/C9H5N5/c10-5-7-6-12-14-9(13-7)8-3-1-2-4-11-8/h1-4,6H. The minimum absolute atomic E-state index is 0.237. The summed E-state index contributed by atoms with van der Waals surface area (Å²) in [6.07, 6.45) is 2.95. The summed E-state index contributed by atoms with van der Waals surface area (Å²) in [6, 6.07) is 7.28. The van der Waals surface area contributed by atoms with E-state index in [4.69, 9.17) is 5.26 Å². The van der Waals surface area contributed by atoms with Crippen molar-refractivity contribution in [2.24, 2.45) is 0 Å². The van der Waals surface area contributed by atoms with E-state index in [0.29, 0.717) is 11.5 Å². The van der Waals surface area contributed by atoms with Crippen LogP contribution in [0.2, 0.25) is 0 Å². The van der Waals surface area contributed by atoms with Gasteiger partial charge >= 0.3 is 0 Å². The van der Waals surface area contributed by atoms with Gasteiger partial charge in [-0.15, -0.1) is 5.10 Å². The molecule has 0 saturated carbocycles. The second kappa shape index (κ2) is 3.58. The first-order chi connectivity index (χ1) is 6.90. The first kappa shape index (κ1) is 8.26. The summed E-state index contributed by atoms with van der Waals surface area (Å²) in [4.78, 5) is 8.01. The zero-order chi connectivity index (χ0) is 9.80. The van der Waals surface area contributed by atoms with Gasteiger partial charge in [-0.3, -0.25) is 4.98 Å². The maximum absolute atomic E-state index is 8.61. The number of nitriles is 1. The molecule has 0 aliphatic heterocycles. The molecule has 2 aromatic rings. The smallest absolute Gasteiger partial charge is 0.201 e. The molecule has 0 radical (unpaired) electrons. The Morgan fingerprint density at radius 1 is 1.29 bits per heavy atom. The van der Waals surface area contributed by atoms with Gasteiger partial charge in [0.25, 0.3) is 0 Å². The molecule has 0 aliphatic carbocycles. The average molecular weight is 183 g/mol. The first-order valence-electron chi connectivity index (χ1n) is 3.91. The molecule has 0 unspecified atom stereocenters. The zero-order valence-corrected chi connectivity index (χ0v) is 7.12. The Hall–Kier alpha value is -2.35. The molecule has 0 aliphatic rings. The molecule has 0 amide bonds. The minimum Gasteiger partial charge on any atom is -0.253 e. The van der Waals surface area contributed by atoms with Crippen LogP contribution in [0.4, 0.5) is 0 Å². The molecule has 66 valence electrons. The van der Waals surface area contributed by atoms with Crippen LogP contribution in [0.3, 0.4) is 0 Å². The molecule has 0 N–H and O–H groups in total. The lowest BCUT2D eigenvalue weighted by atomic mass is 10.3. The van der Waals surface area contributed by atoms with E-state index in [0.717, 1.165) is 0 Å². The predicted molar refractivity (Wildman–Crippen MR) is 47.8 cm³/mol. The van der Waals surface area contributed by atoms with Gasteiger partial charge in [-0.25, -0.2) is 4.98 Å². The topological polar surface area (TPSA) is 75.3 Å². The molecule has 2 heterocycles. The van der Waals surface area contributed by atoms with Crippen LogP contribution in [0, 0.1) is 11.3 Å². The number of pyridine rings is 1. The van der Waals surface area contributed by atoms with Gasteiger partial charge in [-0.2, -0.15) is 10.4 Å². The Kier molecular flexibility index (Phi) is 2.11. The van der Waals surface area contributed by atoms with Crippen LogP contribution in [0.5, 0.6) is 0 Å². The second-order valence-electron chi connectivity index (χ2n) is 2.49. The predicted octanol–water partition coefficient (Wildman–Crippen LogP) is 0.805. The highest BCUT2D eigenvalue weighted by Gasteiger charge is 2.03. The molecule has 0 spiro atoms. The van der Waals surface area contributed by atoms with E-state index in [1.54, 1.807) is 18.3 Å². The van der Waals surface area contributed by atoms with E-state index >= 15 is 0 Å². The Balaban J connectivity index is 2.49. The quantitative estimate of drug-likeness (QED) is 0.653. The van der Waals surface area contributed by atoms with E-state index < -0.39 is 0 Å². The Labute approximate surface area is 80.1 Å². The van der Waals surface area contributed by atoms with Crippen molar-refractivity contribution in [3.63, 3.8) is 0 Å². The van der Waals surface area contributed by atoms with Gasteiger partial charge < -0.3 is 0 Å². The van der Waals surface area contributed by atoms with Crippen molar-refractivity contribution >= 4 is 0 Å². The summed E-state index contributed by atoms with van der Waals surface area (Å²) in [7, 11) is 0. The number of rotatable bonds is 1. The molecule has 0 atom stereocenters. The molecular weight excluding hydrogens is 178 g/mol. The van der Waals surface area contributed by atoms with Crippen molar-refractivity contribution in [2.75, 3.05) is 0 Å². The lowest BCUT2D eigenvalue weighted by Gasteiger charge is -1.95. The third kappa shape index (κ3) is 1.54. The van der Waals surface area contributed by atoms with Gasteiger partial charge in [0.15, 0.2) is 5.69 Å². The third-order valence-corrected chi connectivity index (χ3v) is 1.57. The maximum atomic E-state index is 8.61. The summed E-state index contributed by atoms with van der Waals surface area (Å²) in [5.74, 6) is 0.365. The summed E-state index contributed by atoms with van der Waals surface area (Å²) in [5.41, 5.74) is 0.845. The van der Waals surface area contributed by atoms with Gasteiger partial charge in [0.1, 0.15) is 11.8 Å². The number of nitrogens with zero attached hydrogens (tertiary/aromatic N) is 5. The van der Waals surface area contributed by atoms with Gasteiger partial charge in [-0.05, 0) is 12.1 Å². The highest BCUT2D eigenvalue weighted by Crippen LogP contribution is 2.08. The van der Waals surface area contributed by atoms with Crippen LogP contribution in [0.1, 0.15) is 5.69 Å². The summed E-state index contributed by atoms with van der Waals surface area (Å²) >= 11 is 0. The molecule has 0 aromatic carbocycles. The lowest BCUT2D eigenvalue weighted by Crippen LogP contribution is -1.95. The summed E-state index contributed by atoms with van der Waals surface area (Å²) in [5, 5.41) is 16.0. The van der Waals surface area contributed by atoms with Crippen LogP contribution >= 0.6 is 0 Å². The summed E-state index contributed by atoms with van der Waals surface area (Å²) < 4.78 is 0. The monoisotopic (exact) mass is 183 g/mol. The van der Waals surface area contributed by atoms with Gasteiger partial charge in [0, 0.05) is 6.20 Å². The maximum Gasteiger partial charge on any atom is 0.201 e. The lowest BCUT2D eigenvalue weighted by molar-refractivity contribution is 0.958. The molecule has 2 rings (SSSR count). The SMILES string of the molecule is N#Cc1cnnc(-c2ccccn2)n1. The summed E-state index contributed by atoms with van der Waals surface area (Å²) in [6.45, 7) is 0. The molecule has 5 nitrogen and oxygen atoms in total. The fraction of sp³-hybridized carbons (Fsp3) is 0. The molecule has 0 bridgehead atoms. The second-order valence-corrected chi connectivity index (χ2v) is 2.49. The zero-order valence-electron chi connectivity index (χ0n) is 7.12. The van der Waals surface area contributed by atoms with Crippen molar-refractivity contribution in [1.82, 2.24) is 20.2 Å². The largest absolute Gasteiger partial charge is 0.253 e. The van der Waals surface area contributed by atoms with Crippen LogP contribution in [0.25, 0.3) is 11.5 Å². The Morgan fingerprint density at radius 3 is 2.93 bits per heavy atom. The normalized spacial score (nSPS) is 9.36. The van der Waals surface area contributed by atoms with Gasteiger partial charge in [0.2, 0.25) is 5.82 Å². The average Bonchev–Trinajstić information content (AvgIpc) is 2.30. The van der Waals surface area contributed by atoms with Crippen LogP contribution in [-0.2, 0) is 0 Å².